The Kier molecular flexibility index (Phi) is 4.52. The second kappa shape index (κ2) is 6.75. The number of nitrogens with zero attached hydrogens (tertiary/aromatic N) is 2. The zero-order valence-electron chi connectivity index (χ0n) is 13.7. The van der Waals surface area contributed by atoms with Gasteiger partial charge in [0.15, 0.2) is 0 Å². The van der Waals surface area contributed by atoms with E-state index in [1.54, 1.807) is 24.5 Å². The third-order valence-electron chi connectivity index (χ3n) is 4.45. The summed E-state index contributed by atoms with van der Waals surface area (Å²) in [6.45, 7) is 9.70. The summed E-state index contributed by atoms with van der Waals surface area (Å²) in [4.78, 5) is 19.2. The summed E-state index contributed by atoms with van der Waals surface area (Å²) in [6.07, 6.45) is 4.84. The van der Waals surface area contributed by atoms with E-state index in [9.17, 15) is 4.79 Å². The summed E-state index contributed by atoms with van der Waals surface area (Å²) in [7, 11) is 1.54. The third-order valence-corrected chi connectivity index (χ3v) is 4.45. The van der Waals surface area contributed by atoms with Crippen LogP contribution in [0.2, 0.25) is 0 Å². The first-order chi connectivity index (χ1) is 11.7. The number of carbonyl (C=O) groups excluding carboxylic acids is 1. The molecule has 1 saturated heterocycles. The highest BCUT2D eigenvalue weighted by Crippen LogP contribution is 2.36. The van der Waals surface area contributed by atoms with Gasteiger partial charge in [-0.15, -0.1) is 0 Å². The molecule has 1 aliphatic rings. The van der Waals surface area contributed by atoms with E-state index in [2.05, 4.69) is 22.1 Å². The van der Waals surface area contributed by atoms with Crippen LogP contribution < -0.4 is 14.8 Å². The summed E-state index contributed by atoms with van der Waals surface area (Å²) in [5, 5.41) is 4.63. The fraction of sp³-hybridized carbons (Fsp3) is 0.389. The summed E-state index contributed by atoms with van der Waals surface area (Å²) in [5.74, 6) is 1.51. The largest absolute Gasteiger partial charge is 0.508 e. The maximum atomic E-state index is 11.6. The van der Waals surface area contributed by atoms with Crippen LogP contribution in [0.15, 0.2) is 24.5 Å². The number of hydrogen-bond acceptors (Lipinski definition) is 4. The van der Waals surface area contributed by atoms with Crippen molar-refractivity contribution in [2.24, 2.45) is 5.92 Å². The van der Waals surface area contributed by atoms with E-state index in [1.807, 2.05) is 0 Å². The van der Waals surface area contributed by atoms with Crippen molar-refractivity contribution in [3.05, 3.63) is 35.9 Å². The molecular formula is C18H19N3O3. The topological polar surface area (TPSA) is 64.8 Å². The van der Waals surface area contributed by atoms with Crippen molar-refractivity contribution in [1.29, 1.82) is 0 Å². The van der Waals surface area contributed by atoms with Crippen LogP contribution in [0, 0.1) is 12.5 Å². The molecule has 124 valence electrons. The van der Waals surface area contributed by atoms with Gasteiger partial charge in [-0.3, -0.25) is 9.78 Å². The van der Waals surface area contributed by atoms with Crippen molar-refractivity contribution in [1.82, 2.24) is 10.3 Å². The number of benzene rings is 1. The predicted octanol–water partition coefficient (Wildman–Crippen LogP) is 3.09. The van der Waals surface area contributed by atoms with Crippen molar-refractivity contribution in [2.45, 2.75) is 25.8 Å². The van der Waals surface area contributed by atoms with E-state index in [1.165, 1.54) is 7.11 Å². The number of rotatable bonds is 5. The number of methoxy groups -OCH3 is 1. The van der Waals surface area contributed by atoms with Crippen molar-refractivity contribution in [3.8, 4) is 11.5 Å². The van der Waals surface area contributed by atoms with Crippen LogP contribution in [0.25, 0.3) is 15.6 Å². The third kappa shape index (κ3) is 2.98. The predicted molar refractivity (Wildman–Crippen MR) is 90.4 cm³/mol. The molecule has 0 aliphatic carbocycles. The number of ether oxygens (including phenoxy) is 2. The van der Waals surface area contributed by atoms with E-state index < -0.39 is 0 Å². The van der Waals surface area contributed by atoms with Crippen LogP contribution >= 0.6 is 0 Å². The SMILES string of the molecule is [C-]#[N+]c1cc2cncc(OC[C@H]3NC(=O)C[C@H]3CC)c2cc1OC. The molecule has 0 saturated carbocycles. The Bertz CT molecular complexity index is 813. The molecule has 2 aromatic rings. The molecule has 1 fully saturated rings. The summed E-state index contributed by atoms with van der Waals surface area (Å²) < 4.78 is 11.2. The normalized spacial score (nSPS) is 19.8. The Hall–Kier alpha value is -2.81. The van der Waals surface area contributed by atoms with Crippen LogP contribution in [0.5, 0.6) is 11.5 Å². The molecule has 1 amide bonds. The monoisotopic (exact) mass is 325 g/mol. The van der Waals surface area contributed by atoms with Gasteiger partial charge in [-0.05, 0) is 23.4 Å². The van der Waals surface area contributed by atoms with Gasteiger partial charge in [0.1, 0.15) is 18.1 Å². The van der Waals surface area contributed by atoms with Crippen LogP contribution in [0.1, 0.15) is 19.8 Å². The molecule has 0 radical (unpaired) electrons. The summed E-state index contributed by atoms with van der Waals surface area (Å²) in [5.41, 5.74) is 0.443. The van der Waals surface area contributed by atoms with Crippen LogP contribution in [0.4, 0.5) is 5.69 Å². The molecule has 24 heavy (non-hydrogen) atoms. The lowest BCUT2D eigenvalue weighted by Gasteiger charge is -2.18. The first-order valence-electron chi connectivity index (χ1n) is 7.91. The van der Waals surface area contributed by atoms with E-state index >= 15 is 0 Å². The van der Waals surface area contributed by atoms with E-state index in [0.717, 1.165) is 17.2 Å². The Morgan fingerprint density at radius 2 is 2.21 bits per heavy atom. The summed E-state index contributed by atoms with van der Waals surface area (Å²) in [6, 6.07) is 3.56. The van der Waals surface area contributed by atoms with Gasteiger partial charge in [-0.2, -0.15) is 0 Å². The van der Waals surface area contributed by atoms with Gasteiger partial charge in [0.25, 0.3) is 0 Å². The Labute approximate surface area is 140 Å². The Balaban J connectivity index is 1.87. The number of pyridine rings is 1. The van der Waals surface area contributed by atoms with Crippen molar-refractivity contribution < 1.29 is 14.3 Å². The van der Waals surface area contributed by atoms with Crippen molar-refractivity contribution in [3.63, 3.8) is 0 Å². The van der Waals surface area contributed by atoms with Gasteiger partial charge in [0.2, 0.25) is 11.6 Å². The van der Waals surface area contributed by atoms with Crippen LogP contribution in [0.3, 0.4) is 0 Å². The van der Waals surface area contributed by atoms with Gasteiger partial charge in [-0.1, -0.05) is 13.3 Å². The second-order valence-electron chi connectivity index (χ2n) is 5.85. The average molecular weight is 325 g/mol. The molecule has 1 aromatic heterocycles. The zero-order valence-corrected chi connectivity index (χ0v) is 13.7. The molecule has 1 aliphatic heterocycles. The number of hydrogen-bond donors (Lipinski definition) is 1. The van der Waals surface area contributed by atoms with Crippen molar-refractivity contribution >= 4 is 22.4 Å². The van der Waals surface area contributed by atoms with E-state index in [4.69, 9.17) is 16.0 Å². The molecular weight excluding hydrogens is 306 g/mol. The maximum absolute atomic E-state index is 11.6. The standard InChI is InChI=1S/C18H19N3O3/c1-4-11-6-18(22)21-15(11)10-24-17-9-20-8-12-5-14(19-2)16(23-3)7-13(12)17/h5,7-9,11,15H,4,6,10H2,1,3H3,(H,21,22)/t11-,15-/m1/s1. The minimum absolute atomic E-state index is 0.0159. The highest BCUT2D eigenvalue weighted by Gasteiger charge is 2.31. The fourth-order valence-electron chi connectivity index (χ4n) is 3.08. The molecule has 0 bridgehead atoms. The molecule has 1 aromatic carbocycles. The minimum atomic E-state index is 0.0159. The lowest BCUT2D eigenvalue weighted by atomic mass is 9.98. The van der Waals surface area contributed by atoms with Gasteiger partial charge in [-0.25, -0.2) is 4.85 Å². The number of amides is 1. The summed E-state index contributed by atoms with van der Waals surface area (Å²) >= 11 is 0. The van der Waals surface area contributed by atoms with E-state index in [0.29, 0.717) is 36.1 Å². The molecule has 1 N–H and O–H groups in total. The molecule has 0 spiro atoms. The molecule has 3 rings (SSSR count). The molecule has 2 atom stereocenters. The van der Waals surface area contributed by atoms with Gasteiger partial charge in [0, 0.05) is 18.0 Å². The Morgan fingerprint density at radius 1 is 1.38 bits per heavy atom. The molecule has 2 heterocycles. The molecule has 6 nitrogen and oxygen atoms in total. The minimum Gasteiger partial charge on any atom is -0.508 e. The lowest BCUT2D eigenvalue weighted by Crippen LogP contribution is -2.34. The lowest BCUT2D eigenvalue weighted by molar-refractivity contribution is -0.119. The van der Waals surface area contributed by atoms with Gasteiger partial charge >= 0.3 is 0 Å². The highest BCUT2D eigenvalue weighted by molar-refractivity contribution is 5.92. The number of carbonyl (C=O) groups is 1. The zero-order chi connectivity index (χ0) is 17.1. The first-order valence-corrected chi connectivity index (χ1v) is 7.91. The van der Waals surface area contributed by atoms with Crippen LogP contribution in [-0.4, -0.2) is 30.6 Å². The molecule has 0 unspecified atom stereocenters. The second-order valence-corrected chi connectivity index (χ2v) is 5.85. The van der Waals surface area contributed by atoms with Gasteiger partial charge < -0.3 is 14.8 Å². The number of aromatic nitrogens is 1. The Morgan fingerprint density at radius 3 is 2.92 bits per heavy atom. The van der Waals surface area contributed by atoms with Crippen LogP contribution in [-0.2, 0) is 4.79 Å². The highest BCUT2D eigenvalue weighted by atomic mass is 16.5. The fourth-order valence-corrected chi connectivity index (χ4v) is 3.08. The molecule has 6 heteroatoms. The smallest absolute Gasteiger partial charge is 0.228 e. The first kappa shape index (κ1) is 16.1. The maximum Gasteiger partial charge on any atom is 0.228 e. The van der Waals surface area contributed by atoms with E-state index in [-0.39, 0.29) is 11.9 Å². The number of nitrogens with one attached hydrogen (secondary N) is 1. The van der Waals surface area contributed by atoms with Gasteiger partial charge in [0.05, 0.1) is 25.9 Å². The quantitative estimate of drug-likeness (QED) is 0.858. The number of fused-ring (bicyclic) bond motifs is 1. The van der Waals surface area contributed by atoms with Crippen molar-refractivity contribution in [2.75, 3.05) is 13.7 Å². The average Bonchev–Trinajstić information content (AvgIpc) is 2.98.